The second kappa shape index (κ2) is 8.61. The second-order valence-corrected chi connectivity index (χ2v) is 10.3. The summed E-state index contributed by atoms with van der Waals surface area (Å²) in [6.07, 6.45) is 0. The van der Waals surface area contributed by atoms with E-state index in [1.165, 1.54) is 12.1 Å². The van der Waals surface area contributed by atoms with Crippen LogP contribution in [0.15, 0.2) is 77.0 Å². The molecule has 4 aromatic rings. The van der Waals surface area contributed by atoms with Crippen LogP contribution in [-0.4, -0.2) is 26.6 Å². The third-order valence-corrected chi connectivity index (χ3v) is 7.62. The van der Waals surface area contributed by atoms with E-state index >= 15 is 0 Å². The Morgan fingerprint density at radius 1 is 1.00 bits per heavy atom. The number of amides is 1. The molecule has 0 aliphatic heterocycles. The van der Waals surface area contributed by atoms with Gasteiger partial charge in [-0.1, -0.05) is 29.8 Å². The molecule has 0 aliphatic carbocycles. The highest BCUT2D eigenvalue weighted by molar-refractivity contribution is 7.91. The Balaban J connectivity index is 1.53. The predicted molar refractivity (Wildman–Crippen MR) is 123 cm³/mol. The minimum Gasteiger partial charge on any atom is -0.351 e. The Kier molecular flexibility index (Phi) is 5.89. The van der Waals surface area contributed by atoms with Crippen LogP contribution in [0.1, 0.15) is 15.9 Å². The first-order valence-corrected chi connectivity index (χ1v) is 12.2. The lowest BCUT2D eigenvalue weighted by molar-refractivity contribution is 0.0956. The van der Waals surface area contributed by atoms with E-state index < -0.39 is 15.7 Å². The summed E-state index contributed by atoms with van der Waals surface area (Å²) in [7, 11) is -3.62. The number of sulfone groups is 1. The van der Waals surface area contributed by atoms with Gasteiger partial charge < -0.3 is 5.32 Å². The highest BCUT2D eigenvalue weighted by Crippen LogP contribution is 2.33. The largest absolute Gasteiger partial charge is 0.351 e. The molecule has 1 N–H and O–H groups in total. The van der Waals surface area contributed by atoms with Gasteiger partial charge >= 0.3 is 0 Å². The summed E-state index contributed by atoms with van der Waals surface area (Å²) in [4.78, 5) is 12.8. The van der Waals surface area contributed by atoms with Gasteiger partial charge in [0.2, 0.25) is 0 Å². The molecule has 0 fully saturated rings. The molecule has 7 heteroatoms. The Morgan fingerprint density at radius 3 is 2.42 bits per heavy atom. The van der Waals surface area contributed by atoms with Gasteiger partial charge in [0.1, 0.15) is 5.82 Å². The Labute approximate surface area is 184 Å². The van der Waals surface area contributed by atoms with Crippen molar-refractivity contribution in [1.82, 2.24) is 5.32 Å². The van der Waals surface area contributed by atoms with Crippen LogP contribution in [0.25, 0.3) is 21.2 Å². The molecule has 0 saturated heterocycles. The number of carbonyl (C=O) groups is 1. The number of carbonyl (C=O) groups excluding carboxylic acids is 1. The molecule has 4 rings (SSSR count). The van der Waals surface area contributed by atoms with Crippen molar-refractivity contribution in [3.63, 3.8) is 0 Å². The third-order valence-electron chi connectivity index (χ3n) is 5.03. The molecule has 4 nitrogen and oxygen atoms in total. The molecule has 1 amide bonds. The Morgan fingerprint density at radius 2 is 1.71 bits per heavy atom. The van der Waals surface area contributed by atoms with E-state index in [1.54, 1.807) is 11.3 Å². The van der Waals surface area contributed by atoms with Crippen molar-refractivity contribution in [2.24, 2.45) is 0 Å². The molecule has 0 saturated carbocycles. The fourth-order valence-electron chi connectivity index (χ4n) is 3.34. The maximum atomic E-state index is 13.0. The van der Waals surface area contributed by atoms with Gasteiger partial charge in [-0.3, -0.25) is 4.79 Å². The van der Waals surface area contributed by atoms with Crippen LogP contribution in [0.4, 0.5) is 4.39 Å². The summed E-state index contributed by atoms with van der Waals surface area (Å²) in [5.41, 5.74) is 3.61. The van der Waals surface area contributed by atoms with Gasteiger partial charge in [-0.2, -0.15) is 0 Å². The van der Waals surface area contributed by atoms with Gasteiger partial charge in [0.25, 0.3) is 5.91 Å². The van der Waals surface area contributed by atoms with Crippen LogP contribution < -0.4 is 5.32 Å². The van der Waals surface area contributed by atoms with E-state index in [-0.39, 0.29) is 23.1 Å². The van der Waals surface area contributed by atoms with Crippen molar-refractivity contribution in [3.05, 3.63) is 89.1 Å². The van der Waals surface area contributed by atoms with Gasteiger partial charge in [-0.15, -0.1) is 11.3 Å². The van der Waals surface area contributed by atoms with Gasteiger partial charge in [0.05, 0.1) is 10.6 Å². The van der Waals surface area contributed by atoms with Crippen LogP contribution in [0.2, 0.25) is 0 Å². The van der Waals surface area contributed by atoms with Crippen molar-refractivity contribution < 1.29 is 17.6 Å². The fraction of sp³-hybridized carbons (Fsp3) is 0.125. The van der Waals surface area contributed by atoms with Gasteiger partial charge in [-0.25, -0.2) is 12.8 Å². The first kappa shape index (κ1) is 21.2. The zero-order valence-corrected chi connectivity index (χ0v) is 18.4. The summed E-state index contributed by atoms with van der Waals surface area (Å²) in [6.45, 7) is 1.98. The summed E-state index contributed by atoms with van der Waals surface area (Å²) >= 11 is 1.55. The maximum absolute atomic E-state index is 13.0. The van der Waals surface area contributed by atoms with E-state index in [0.29, 0.717) is 5.56 Å². The lowest BCUT2D eigenvalue weighted by atomic mass is 9.98. The zero-order valence-electron chi connectivity index (χ0n) is 16.8. The number of thiophene rings is 1. The summed E-state index contributed by atoms with van der Waals surface area (Å²) in [5, 5.41) is 5.75. The predicted octanol–water partition coefficient (Wildman–Crippen LogP) is 5.22. The lowest BCUT2D eigenvalue weighted by Gasteiger charge is -2.10. The standard InChI is InChI=1S/C24H20FNO3S2/c1-16-2-4-17(5-3-16)22-14-18(15-23-21(22)10-12-30-23)24(27)26-11-13-31(28,29)20-8-6-19(25)7-9-20/h2-10,12,14-15H,11,13H2,1H3,(H,26,27). The van der Waals surface area contributed by atoms with Gasteiger partial charge in [0, 0.05) is 22.2 Å². The Hall–Kier alpha value is -3.03. The Bertz CT molecular complexity index is 1340. The van der Waals surface area contributed by atoms with Crippen LogP contribution in [0, 0.1) is 12.7 Å². The van der Waals surface area contributed by atoms with E-state index in [4.69, 9.17) is 0 Å². The molecule has 1 aromatic heterocycles. The van der Waals surface area contributed by atoms with Gasteiger partial charge in [0.15, 0.2) is 9.84 Å². The number of fused-ring (bicyclic) bond motifs is 1. The SMILES string of the molecule is Cc1ccc(-c2cc(C(=O)NCCS(=O)(=O)c3ccc(F)cc3)cc3sccc23)cc1. The molecule has 31 heavy (non-hydrogen) atoms. The zero-order chi connectivity index (χ0) is 22.0. The molecule has 1 heterocycles. The van der Waals surface area contributed by atoms with Crippen LogP contribution >= 0.6 is 11.3 Å². The number of hydrogen-bond donors (Lipinski definition) is 1. The van der Waals surface area contributed by atoms with Crippen LogP contribution in [-0.2, 0) is 9.84 Å². The van der Waals surface area contributed by atoms with E-state index in [2.05, 4.69) is 5.32 Å². The van der Waals surface area contributed by atoms with Gasteiger partial charge in [-0.05, 0) is 65.9 Å². The number of halogens is 1. The number of aryl methyl sites for hydroxylation is 1. The fourth-order valence-corrected chi connectivity index (χ4v) is 5.34. The third kappa shape index (κ3) is 4.68. The summed E-state index contributed by atoms with van der Waals surface area (Å²) in [6, 6.07) is 18.5. The minimum atomic E-state index is -3.62. The molecular formula is C24H20FNO3S2. The smallest absolute Gasteiger partial charge is 0.251 e. The van der Waals surface area contributed by atoms with Crippen LogP contribution in [0.3, 0.4) is 0 Å². The number of hydrogen-bond acceptors (Lipinski definition) is 4. The molecule has 0 bridgehead atoms. The number of rotatable bonds is 6. The number of nitrogens with one attached hydrogen (secondary N) is 1. The molecule has 0 unspecified atom stereocenters. The second-order valence-electron chi connectivity index (χ2n) is 7.25. The highest BCUT2D eigenvalue weighted by atomic mass is 32.2. The molecule has 0 radical (unpaired) electrons. The van der Waals surface area contributed by atoms with E-state index in [1.807, 2.05) is 54.8 Å². The monoisotopic (exact) mass is 453 g/mol. The number of benzene rings is 3. The van der Waals surface area contributed by atoms with Crippen molar-refractivity contribution >= 4 is 37.2 Å². The topological polar surface area (TPSA) is 63.2 Å². The summed E-state index contributed by atoms with van der Waals surface area (Å²) in [5.74, 6) is -1.10. The van der Waals surface area contributed by atoms with Crippen molar-refractivity contribution in [2.75, 3.05) is 12.3 Å². The van der Waals surface area contributed by atoms with Crippen molar-refractivity contribution in [1.29, 1.82) is 0 Å². The maximum Gasteiger partial charge on any atom is 0.251 e. The highest BCUT2D eigenvalue weighted by Gasteiger charge is 2.16. The molecule has 0 atom stereocenters. The van der Waals surface area contributed by atoms with E-state index in [9.17, 15) is 17.6 Å². The molecule has 0 aliphatic rings. The minimum absolute atomic E-state index is 0.0322. The molecule has 3 aromatic carbocycles. The summed E-state index contributed by atoms with van der Waals surface area (Å²) < 4.78 is 38.8. The quantitative estimate of drug-likeness (QED) is 0.407. The molecule has 0 spiro atoms. The van der Waals surface area contributed by atoms with E-state index in [0.717, 1.165) is 38.9 Å². The lowest BCUT2D eigenvalue weighted by Crippen LogP contribution is -2.29. The average molecular weight is 454 g/mol. The first-order valence-electron chi connectivity index (χ1n) is 9.68. The molecular weight excluding hydrogens is 433 g/mol. The van der Waals surface area contributed by atoms with Crippen molar-refractivity contribution in [2.45, 2.75) is 11.8 Å². The first-order chi connectivity index (χ1) is 14.8. The van der Waals surface area contributed by atoms with Crippen molar-refractivity contribution in [3.8, 4) is 11.1 Å². The normalized spacial score (nSPS) is 11.5. The average Bonchev–Trinajstić information content (AvgIpc) is 3.22. The molecule has 158 valence electrons. The van der Waals surface area contributed by atoms with Crippen LogP contribution in [0.5, 0.6) is 0 Å².